The Kier molecular flexibility index (Phi) is 5.33. The van der Waals surface area contributed by atoms with Gasteiger partial charge in [-0.05, 0) is 35.6 Å². The van der Waals surface area contributed by atoms with E-state index in [1.54, 1.807) is 18.0 Å². The molecule has 0 aliphatic heterocycles. The van der Waals surface area contributed by atoms with Crippen LogP contribution in [0.5, 0.6) is 0 Å². The van der Waals surface area contributed by atoms with Gasteiger partial charge in [0.05, 0.1) is 12.1 Å². The van der Waals surface area contributed by atoms with Crippen molar-refractivity contribution in [3.8, 4) is 0 Å². The van der Waals surface area contributed by atoms with Crippen molar-refractivity contribution in [3.05, 3.63) is 83.7 Å². The van der Waals surface area contributed by atoms with Crippen LogP contribution in [0.4, 0.5) is 0 Å². The largest absolute Gasteiger partial charge is 0.348 e. The molecular formula is C19H19N3OS. The lowest BCUT2D eigenvalue weighted by molar-refractivity contribution is 0.0948. The molecule has 0 saturated heterocycles. The number of benzene rings is 2. The first kappa shape index (κ1) is 16.3. The molecule has 0 aliphatic carbocycles. The van der Waals surface area contributed by atoms with Crippen LogP contribution in [-0.4, -0.2) is 21.9 Å². The minimum absolute atomic E-state index is 0.0411. The van der Waals surface area contributed by atoms with E-state index in [9.17, 15) is 4.79 Å². The molecule has 0 bridgehead atoms. The molecule has 0 unspecified atom stereocenters. The lowest BCUT2D eigenvalue weighted by atomic mass is 10.1. The molecule has 0 atom stereocenters. The van der Waals surface area contributed by atoms with Crippen LogP contribution in [0, 0.1) is 0 Å². The summed E-state index contributed by atoms with van der Waals surface area (Å²) in [5.41, 5.74) is 2.98. The molecule has 1 amide bonds. The van der Waals surface area contributed by atoms with Gasteiger partial charge in [-0.1, -0.05) is 36.4 Å². The fraction of sp³-hybridized carbons (Fsp3) is 0.158. The van der Waals surface area contributed by atoms with Crippen LogP contribution in [0.2, 0.25) is 0 Å². The van der Waals surface area contributed by atoms with Crippen LogP contribution in [0.3, 0.4) is 0 Å². The summed E-state index contributed by atoms with van der Waals surface area (Å²) in [4.78, 5) is 13.3. The Hall–Kier alpha value is -2.53. The summed E-state index contributed by atoms with van der Waals surface area (Å²) in [6.45, 7) is 1.27. The number of hydrogen-bond donors (Lipinski definition) is 1. The molecule has 0 aliphatic rings. The third-order valence-electron chi connectivity index (χ3n) is 3.73. The van der Waals surface area contributed by atoms with E-state index in [0.29, 0.717) is 6.54 Å². The number of aromatic nitrogens is 2. The highest BCUT2D eigenvalue weighted by molar-refractivity contribution is 7.98. The molecule has 2 aromatic carbocycles. The van der Waals surface area contributed by atoms with E-state index >= 15 is 0 Å². The third-order valence-corrected chi connectivity index (χ3v) is 4.53. The minimum atomic E-state index is -0.0411. The zero-order chi connectivity index (χ0) is 16.8. The number of amides is 1. The molecule has 1 heterocycles. The van der Waals surface area contributed by atoms with Gasteiger partial charge in [0.15, 0.2) is 0 Å². The highest BCUT2D eigenvalue weighted by Crippen LogP contribution is 2.19. The zero-order valence-corrected chi connectivity index (χ0v) is 14.3. The molecule has 24 heavy (non-hydrogen) atoms. The number of thioether (sulfide) groups is 1. The fourth-order valence-electron chi connectivity index (χ4n) is 2.45. The Bertz CT molecular complexity index is 798. The average molecular weight is 337 g/mol. The molecule has 5 heteroatoms. The third kappa shape index (κ3) is 4.06. The first-order valence-electron chi connectivity index (χ1n) is 7.73. The van der Waals surface area contributed by atoms with Crippen LogP contribution < -0.4 is 5.32 Å². The van der Waals surface area contributed by atoms with Crippen molar-refractivity contribution in [2.24, 2.45) is 0 Å². The van der Waals surface area contributed by atoms with E-state index in [0.717, 1.165) is 22.6 Å². The molecule has 3 aromatic rings. The van der Waals surface area contributed by atoms with Crippen LogP contribution >= 0.6 is 11.8 Å². The van der Waals surface area contributed by atoms with Crippen LogP contribution in [0.1, 0.15) is 21.5 Å². The number of carbonyl (C=O) groups is 1. The highest BCUT2D eigenvalue weighted by Gasteiger charge is 2.09. The van der Waals surface area contributed by atoms with Gasteiger partial charge in [0.2, 0.25) is 0 Å². The molecular weight excluding hydrogens is 318 g/mol. The first-order valence-corrected chi connectivity index (χ1v) is 8.95. The van der Waals surface area contributed by atoms with Crippen LogP contribution in [-0.2, 0) is 13.1 Å². The standard InChI is InChI=1S/C19H19N3OS/c1-24-18-6-3-2-5-17(18)19(23)20-13-15-7-9-16(10-8-15)14-22-12-4-11-21-22/h2-12H,13-14H2,1H3,(H,20,23). The van der Waals surface area contributed by atoms with Gasteiger partial charge >= 0.3 is 0 Å². The second kappa shape index (κ2) is 7.84. The van der Waals surface area contributed by atoms with Crippen molar-refractivity contribution < 1.29 is 4.79 Å². The summed E-state index contributed by atoms with van der Waals surface area (Å²) < 4.78 is 1.89. The van der Waals surface area contributed by atoms with Gasteiger partial charge < -0.3 is 5.32 Å². The van der Waals surface area contributed by atoms with Crippen LogP contribution in [0.25, 0.3) is 0 Å². The van der Waals surface area contributed by atoms with Crippen molar-refractivity contribution in [1.82, 2.24) is 15.1 Å². The summed E-state index contributed by atoms with van der Waals surface area (Å²) in [7, 11) is 0. The molecule has 0 spiro atoms. The molecule has 0 saturated carbocycles. The van der Waals surface area contributed by atoms with E-state index in [-0.39, 0.29) is 5.91 Å². The predicted molar refractivity (Wildman–Crippen MR) is 97.2 cm³/mol. The Morgan fingerprint density at radius 2 is 1.83 bits per heavy atom. The van der Waals surface area contributed by atoms with E-state index in [2.05, 4.69) is 22.5 Å². The Morgan fingerprint density at radius 3 is 2.54 bits per heavy atom. The molecule has 1 N–H and O–H groups in total. The maximum absolute atomic E-state index is 12.3. The number of nitrogens with one attached hydrogen (secondary N) is 1. The van der Waals surface area contributed by atoms with Crippen molar-refractivity contribution in [1.29, 1.82) is 0 Å². The predicted octanol–water partition coefficient (Wildman–Crippen LogP) is 3.58. The van der Waals surface area contributed by atoms with Crippen molar-refractivity contribution in [2.75, 3.05) is 6.26 Å². The summed E-state index contributed by atoms with van der Waals surface area (Å²) >= 11 is 1.58. The second-order valence-electron chi connectivity index (χ2n) is 5.40. The Balaban J connectivity index is 1.59. The second-order valence-corrected chi connectivity index (χ2v) is 6.25. The van der Waals surface area contributed by atoms with Crippen molar-refractivity contribution in [3.63, 3.8) is 0 Å². The molecule has 4 nitrogen and oxygen atoms in total. The van der Waals surface area contributed by atoms with Gasteiger partial charge in [-0.15, -0.1) is 11.8 Å². The van der Waals surface area contributed by atoms with Gasteiger partial charge in [0.1, 0.15) is 0 Å². The summed E-state index contributed by atoms with van der Waals surface area (Å²) in [5, 5.41) is 7.19. The van der Waals surface area contributed by atoms with Crippen molar-refractivity contribution >= 4 is 17.7 Å². The van der Waals surface area contributed by atoms with Gasteiger partial charge in [0, 0.05) is 23.8 Å². The lowest BCUT2D eigenvalue weighted by Crippen LogP contribution is -2.23. The summed E-state index contributed by atoms with van der Waals surface area (Å²) in [5.74, 6) is -0.0411. The first-order chi connectivity index (χ1) is 11.8. The highest BCUT2D eigenvalue weighted by atomic mass is 32.2. The number of hydrogen-bond acceptors (Lipinski definition) is 3. The summed E-state index contributed by atoms with van der Waals surface area (Å²) in [6.07, 6.45) is 5.69. The van der Waals surface area contributed by atoms with E-state index in [1.807, 2.05) is 59.6 Å². The maximum atomic E-state index is 12.3. The van der Waals surface area contributed by atoms with Gasteiger partial charge in [-0.2, -0.15) is 5.10 Å². The number of rotatable bonds is 6. The Labute approximate surface area is 145 Å². The smallest absolute Gasteiger partial charge is 0.252 e. The Morgan fingerprint density at radius 1 is 1.08 bits per heavy atom. The summed E-state index contributed by atoms with van der Waals surface area (Å²) in [6, 6.07) is 17.8. The number of nitrogens with zero attached hydrogens (tertiary/aromatic N) is 2. The van der Waals surface area contributed by atoms with Crippen LogP contribution in [0.15, 0.2) is 71.9 Å². The molecule has 1 aromatic heterocycles. The monoisotopic (exact) mass is 337 g/mol. The normalized spacial score (nSPS) is 10.5. The lowest BCUT2D eigenvalue weighted by Gasteiger charge is -2.09. The van der Waals surface area contributed by atoms with Gasteiger partial charge in [-0.3, -0.25) is 9.48 Å². The van der Waals surface area contributed by atoms with Gasteiger partial charge in [0.25, 0.3) is 5.91 Å². The van der Waals surface area contributed by atoms with Gasteiger partial charge in [-0.25, -0.2) is 0 Å². The molecule has 122 valence electrons. The number of carbonyl (C=O) groups excluding carboxylic acids is 1. The van der Waals surface area contributed by atoms with Crippen molar-refractivity contribution in [2.45, 2.75) is 18.0 Å². The fourth-order valence-corrected chi connectivity index (χ4v) is 3.05. The van der Waals surface area contributed by atoms with E-state index in [1.165, 1.54) is 5.56 Å². The quantitative estimate of drug-likeness (QED) is 0.699. The maximum Gasteiger partial charge on any atom is 0.252 e. The molecule has 3 rings (SSSR count). The SMILES string of the molecule is CSc1ccccc1C(=O)NCc1ccc(Cn2cccn2)cc1. The minimum Gasteiger partial charge on any atom is -0.348 e. The van der Waals surface area contributed by atoms with E-state index in [4.69, 9.17) is 0 Å². The molecule has 0 radical (unpaired) electrons. The topological polar surface area (TPSA) is 46.9 Å². The zero-order valence-electron chi connectivity index (χ0n) is 13.5. The average Bonchev–Trinajstić information content (AvgIpc) is 3.14. The van der Waals surface area contributed by atoms with E-state index < -0.39 is 0 Å². The molecule has 0 fully saturated rings.